The largest absolute Gasteiger partial charge is 0.497 e. The highest BCUT2D eigenvalue weighted by atomic mass is 35.5. The molecule has 0 spiro atoms. The Bertz CT molecular complexity index is 1130. The average molecular weight is 538 g/mol. The molecule has 0 aliphatic rings. The molecule has 2 aromatic rings. The number of amides is 2. The Morgan fingerprint density at radius 3 is 2.14 bits per heavy atom. The summed E-state index contributed by atoms with van der Waals surface area (Å²) in [4.78, 5) is 27.8. The van der Waals surface area contributed by atoms with Gasteiger partial charge in [-0.2, -0.15) is 0 Å². The molecule has 1 unspecified atom stereocenters. The highest BCUT2D eigenvalue weighted by molar-refractivity contribution is 7.92. The highest BCUT2D eigenvalue weighted by Crippen LogP contribution is 2.22. The van der Waals surface area contributed by atoms with Crippen LogP contribution in [0.5, 0.6) is 5.75 Å². The molecule has 0 saturated heterocycles. The number of carbonyl (C=O) groups is 2. The van der Waals surface area contributed by atoms with Gasteiger partial charge in [0.2, 0.25) is 21.8 Å². The van der Waals surface area contributed by atoms with Crippen molar-refractivity contribution in [1.29, 1.82) is 0 Å². The third-order valence-corrected chi connectivity index (χ3v) is 6.89. The smallest absolute Gasteiger partial charge is 0.242 e. The normalized spacial score (nSPS) is 12.5. The van der Waals surface area contributed by atoms with Gasteiger partial charge in [-0.25, -0.2) is 8.42 Å². The van der Waals surface area contributed by atoms with Crippen molar-refractivity contribution < 1.29 is 22.7 Å². The lowest BCUT2D eigenvalue weighted by atomic mass is 10.1. The minimum absolute atomic E-state index is 0.0723. The van der Waals surface area contributed by atoms with Gasteiger partial charge < -0.3 is 15.0 Å². The minimum atomic E-state index is -3.56. The summed E-state index contributed by atoms with van der Waals surface area (Å²) in [6, 6.07) is 13.1. The Kier molecular flexibility index (Phi) is 10.2. The first-order valence-corrected chi connectivity index (χ1v) is 13.9. The number of benzene rings is 2. The number of sulfonamides is 1. The molecule has 1 atom stereocenters. The molecule has 0 saturated carbocycles. The van der Waals surface area contributed by atoms with Crippen molar-refractivity contribution in [3.63, 3.8) is 0 Å². The fraction of sp³-hybridized carbons (Fsp3) is 0.462. The fourth-order valence-electron chi connectivity index (χ4n) is 3.60. The molecule has 0 heterocycles. The van der Waals surface area contributed by atoms with Gasteiger partial charge in [-0.15, -0.1) is 0 Å². The van der Waals surface area contributed by atoms with E-state index in [1.54, 1.807) is 50.4 Å². The minimum Gasteiger partial charge on any atom is -0.497 e. The van der Waals surface area contributed by atoms with Gasteiger partial charge in [0.05, 0.1) is 19.1 Å². The molecule has 0 aliphatic heterocycles. The van der Waals surface area contributed by atoms with Crippen molar-refractivity contribution in [1.82, 2.24) is 10.2 Å². The summed E-state index contributed by atoms with van der Waals surface area (Å²) >= 11 is 5.93. The number of anilines is 1. The van der Waals surface area contributed by atoms with Crippen LogP contribution in [0.2, 0.25) is 5.02 Å². The van der Waals surface area contributed by atoms with Crippen LogP contribution in [0.15, 0.2) is 48.5 Å². The molecule has 2 aromatic carbocycles. The molecular weight excluding hydrogens is 502 g/mol. The van der Waals surface area contributed by atoms with E-state index in [2.05, 4.69) is 5.32 Å². The van der Waals surface area contributed by atoms with Crippen LogP contribution in [0.1, 0.15) is 46.1 Å². The number of methoxy groups -OCH3 is 1. The van der Waals surface area contributed by atoms with Crippen molar-refractivity contribution >= 4 is 39.1 Å². The van der Waals surface area contributed by atoms with Crippen LogP contribution in [-0.2, 0) is 26.2 Å². The number of rotatable bonds is 11. The molecule has 10 heteroatoms. The number of halogens is 1. The summed E-state index contributed by atoms with van der Waals surface area (Å²) in [5.74, 6) is 0.188. The summed E-state index contributed by atoms with van der Waals surface area (Å²) < 4.78 is 31.2. The van der Waals surface area contributed by atoms with Gasteiger partial charge in [-0.05, 0) is 76.1 Å². The first kappa shape index (κ1) is 29.5. The first-order valence-electron chi connectivity index (χ1n) is 11.7. The third-order valence-electron chi connectivity index (χ3n) is 5.44. The van der Waals surface area contributed by atoms with E-state index in [4.69, 9.17) is 16.3 Å². The van der Waals surface area contributed by atoms with Gasteiger partial charge in [0.25, 0.3) is 0 Å². The lowest BCUT2D eigenvalue weighted by Crippen LogP contribution is -2.52. The summed E-state index contributed by atoms with van der Waals surface area (Å²) in [5.41, 5.74) is 0.871. The van der Waals surface area contributed by atoms with Crippen LogP contribution >= 0.6 is 11.6 Å². The van der Waals surface area contributed by atoms with Crippen LogP contribution in [0, 0.1) is 0 Å². The van der Waals surface area contributed by atoms with Gasteiger partial charge in [-0.1, -0.05) is 23.7 Å². The van der Waals surface area contributed by atoms with Crippen LogP contribution < -0.4 is 14.4 Å². The fourth-order valence-corrected chi connectivity index (χ4v) is 4.69. The molecular formula is C26H36ClN3O5S. The van der Waals surface area contributed by atoms with E-state index >= 15 is 0 Å². The standard InChI is InChI=1S/C26H36ClN3O5S/c1-19(25(32)28-26(2,3)4)29(18-20-9-15-23(35-5)16-10-20)24(31)8-7-17-30(36(6,33)34)22-13-11-21(27)12-14-22/h9-16,19H,7-8,17-18H2,1-6H3,(H,28,32). The van der Waals surface area contributed by atoms with Crippen LogP contribution in [-0.4, -0.2) is 56.6 Å². The Morgan fingerprint density at radius 2 is 1.64 bits per heavy atom. The number of hydrogen-bond donors (Lipinski definition) is 1. The number of nitrogens with one attached hydrogen (secondary N) is 1. The van der Waals surface area contributed by atoms with Crippen molar-refractivity contribution in [2.24, 2.45) is 0 Å². The maximum Gasteiger partial charge on any atom is 0.242 e. The van der Waals surface area contributed by atoms with Crippen molar-refractivity contribution in [3.8, 4) is 5.75 Å². The molecule has 198 valence electrons. The second-order valence-corrected chi connectivity index (χ2v) is 12.0. The summed E-state index contributed by atoms with van der Waals surface area (Å²) in [6.45, 7) is 7.68. The zero-order chi connectivity index (χ0) is 27.1. The molecule has 0 radical (unpaired) electrons. The van der Waals surface area contributed by atoms with E-state index in [0.717, 1.165) is 11.8 Å². The third kappa shape index (κ3) is 9.02. The Labute approximate surface area is 219 Å². The monoisotopic (exact) mass is 537 g/mol. The summed E-state index contributed by atoms with van der Waals surface area (Å²) in [6.07, 6.45) is 1.47. The van der Waals surface area contributed by atoms with Gasteiger partial charge in [0.1, 0.15) is 11.8 Å². The van der Waals surface area contributed by atoms with E-state index in [1.165, 1.54) is 9.21 Å². The topological polar surface area (TPSA) is 96.0 Å². The average Bonchev–Trinajstić information content (AvgIpc) is 2.79. The van der Waals surface area contributed by atoms with E-state index < -0.39 is 21.6 Å². The lowest BCUT2D eigenvalue weighted by Gasteiger charge is -2.32. The summed E-state index contributed by atoms with van der Waals surface area (Å²) in [7, 11) is -1.99. The number of hydrogen-bond acceptors (Lipinski definition) is 5. The van der Waals surface area contributed by atoms with Crippen molar-refractivity contribution in [3.05, 3.63) is 59.1 Å². The molecule has 0 fully saturated rings. The first-order chi connectivity index (χ1) is 16.7. The Balaban J connectivity index is 2.18. The van der Waals surface area contributed by atoms with Crippen LogP contribution in [0.3, 0.4) is 0 Å². The highest BCUT2D eigenvalue weighted by Gasteiger charge is 2.28. The summed E-state index contributed by atoms with van der Waals surface area (Å²) in [5, 5.41) is 3.43. The van der Waals surface area contributed by atoms with E-state index in [0.29, 0.717) is 16.5 Å². The second-order valence-electron chi connectivity index (χ2n) is 9.70. The van der Waals surface area contributed by atoms with Gasteiger partial charge in [0, 0.05) is 30.1 Å². The van der Waals surface area contributed by atoms with Crippen molar-refractivity contribution in [2.45, 2.75) is 58.7 Å². The zero-order valence-electron chi connectivity index (χ0n) is 21.7. The number of nitrogens with zero attached hydrogens (tertiary/aromatic N) is 2. The van der Waals surface area contributed by atoms with Gasteiger partial charge in [-0.3, -0.25) is 13.9 Å². The molecule has 2 rings (SSSR count). The predicted molar refractivity (Wildman–Crippen MR) is 144 cm³/mol. The maximum absolute atomic E-state index is 13.3. The van der Waals surface area contributed by atoms with E-state index in [-0.39, 0.29) is 37.7 Å². The molecule has 36 heavy (non-hydrogen) atoms. The number of carbonyl (C=O) groups excluding carboxylic acids is 2. The van der Waals surface area contributed by atoms with Gasteiger partial charge in [0.15, 0.2) is 0 Å². The van der Waals surface area contributed by atoms with E-state index in [1.807, 2.05) is 32.9 Å². The molecule has 8 nitrogen and oxygen atoms in total. The Morgan fingerprint density at radius 1 is 1.06 bits per heavy atom. The lowest BCUT2D eigenvalue weighted by molar-refractivity contribution is -0.141. The molecule has 1 N–H and O–H groups in total. The molecule has 2 amide bonds. The predicted octanol–water partition coefficient (Wildman–Crippen LogP) is 4.23. The quantitative estimate of drug-likeness (QED) is 0.463. The molecule has 0 aromatic heterocycles. The number of ether oxygens (including phenoxy) is 1. The second kappa shape index (κ2) is 12.5. The van der Waals surface area contributed by atoms with Crippen LogP contribution in [0.25, 0.3) is 0 Å². The zero-order valence-corrected chi connectivity index (χ0v) is 23.3. The van der Waals surface area contributed by atoms with E-state index in [9.17, 15) is 18.0 Å². The SMILES string of the molecule is COc1ccc(CN(C(=O)CCCN(c2ccc(Cl)cc2)S(C)(=O)=O)C(C)C(=O)NC(C)(C)C)cc1. The van der Waals surface area contributed by atoms with Crippen molar-refractivity contribution in [2.75, 3.05) is 24.2 Å². The maximum atomic E-state index is 13.3. The molecule has 0 aliphatic carbocycles. The Hall–Kier alpha value is -2.78. The molecule has 0 bridgehead atoms. The van der Waals surface area contributed by atoms with Crippen LogP contribution in [0.4, 0.5) is 5.69 Å². The van der Waals surface area contributed by atoms with Gasteiger partial charge >= 0.3 is 0 Å².